The summed E-state index contributed by atoms with van der Waals surface area (Å²) in [5, 5.41) is 3.71. The molecule has 1 N–H and O–H groups in total. The standard InChI is InChI=1S/C19H27NO3/c1-14-6-7-18-16(11-14)17(5-4-10-21-18)20-12-15-13-22-19(23-15)8-2-3-9-19/h6-7,11,15,17,20H,2-5,8-10,12-13H2,1H3/t15-,17-/m1/s1. The van der Waals surface area contributed by atoms with Crippen molar-refractivity contribution in [2.24, 2.45) is 0 Å². The van der Waals surface area contributed by atoms with Gasteiger partial charge in [0, 0.05) is 31.0 Å². The van der Waals surface area contributed by atoms with Gasteiger partial charge in [0.1, 0.15) is 5.75 Å². The van der Waals surface area contributed by atoms with E-state index in [0.29, 0.717) is 6.04 Å². The van der Waals surface area contributed by atoms with E-state index in [1.165, 1.54) is 24.0 Å². The zero-order valence-electron chi connectivity index (χ0n) is 14.0. The molecule has 2 heterocycles. The van der Waals surface area contributed by atoms with E-state index in [1.807, 2.05) is 0 Å². The third-order valence-corrected chi connectivity index (χ3v) is 5.31. The second-order valence-corrected chi connectivity index (χ2v) is 7.16. The van der Waals surface area contributed by atoms with E-state index in [1.54, 1.807) is 0 Å². The first-order valence-corrected chi connectivity index (χ1v) is 9.03. The second kappa shape index (κ2) is 6.42. The van der Waals surface area contributed by atoms with Crippen LogP contribution in [0.2, 0.25) is 0 Å². The average molecular weight is 317 g/mol. The smallest absolute Gasteiger partial charge is 0.168 e. The van der Waals surface area contributed by atoms with E-state index in [2.05, 4.69) is 30.4 Å². The summed E-state index contributed by atoms with van der Waals surface area (Å²) in [5.41, 5.74) is 2.57. The Hall–Kier alpha value is -1.10. The maximum Gasteiger partial charge on any atom is 0.168 e. The largest absolute Gasteiger partial charge is 0.493 e. The van der Waals surface area contributed by atoms with Crippen molar-refractivity contribution in [2.75, 3.05) is 19.8 Å². The molecule has 2 atom stereocenters. The molecule has 2 aliphatic heterocycles. The number of hydrogen-bond donors (Lipinski definition) is 1. The van der Waals surface area contributed by atoms with Crippen molar-refractivity contribution < 1.29 is 14.2 Å². The van der Waals surface area contributed by atoms with Crippen LogP contribution in [0.15, 0.2) is 18.2 Å². The Morgan fingerprint density at radius 1 is 1.22 bits per heavy atom. The highest BCUT2D eigenvalue weighted by Crippen LogP contribution is 2.39. The molecule has 126 valence electrons. The lowest BCUT2D eigenvalue weighted by molar-refractivity contribution is -0.161. The van der Waals surface area contributed by atoms with Gasteiger partial charge in [-0.3, -0.25) is 0 Å². The molecule has 4 nitrogen and oxygen atoms in total. The summed E-state index contributed by atoms with van der Waals surface area (Å²) < 4.78 is 18.1. The maximum atomic E-state index is 6.23. The van der Waals surface area contributed by atoms with E-state index >= 15 is 0 Å². The summed E-state index contributed by atoms with van der Waals surface area (Å²) in [5.74, 6) is 0.773. The lowest BCUT2D eigenvalue weighted by atomic mass is 10.00. The van der Waals surface area contributed by atoms with Gasteiger partial charge < -0.3 is 19.5 Å². The van der Waals surface area contributed by atoms with Crippen molar-refractivity contribution in [3.05, 3.63) is 29.3 Å². The average Bonchev–Trinajstić information content (AvgIpc) is 3.13. The van der Waals surface area contributed by atoms with Crippen molar-refractivity contribution in [3.8, 4) is 5.75 Å². The fourth-order valence-corrected chi connectivity index (χ4v) is 4.08. The normalized spacial score (nSPS) is 29.3. The lowest BCUT2D eigenvalue weighted by Gasteiger charge is -2.23. The van der Waals surface area contributed by atoms with Crippen molar-refractivity contribution in [1.82, 2.24) is 5.32 Å². The van der Waals surface area contributed by atoms with Crippen LogP contribution in [0.1, 0.15) is 55.7 Å². The zero-order chi connectivity index (χ0) is 15.7. The Morgan fingerprint density at radius 2 is 2.09 bits per heavy atom. The van der Waals surface area contributed by atoms with E-state index in [4.69, 9.17) is 14.2 Å². The van der Waals surface area contributed by atoms with Gasteiger partial charge in [0.25, 0.3) is 0 Å². The number of aryl methyl sites for hydroxylation is 1. The molecule has 1 spiro atoms. The molecule has 0 unspecified atom stereocenters. The van der Waals surface area contributed by atoms with Gasteiger partial charge in [-0.05, 0) is 38.7 Å². The third kappa shape index (κ3) is 3.25. The van der Waals surface area contributed by atoms with Gasteiger partial charge in [-0.25, -0.2) is 0 Å². The molecule has 3 aliphatic rings. The van der Waals surface area contributed by atoms with Crippen LogP contribution in [0.4, 0.5) is 0 Å². The molecule has 1 aromatic rings. The first kappa shape index (κ1) is 15.4. The summed E-state index contributed by atoms with van der Waals surface area (Å²) in [4.78, 5) is 0. The van der Waals surface area contributed by atoms with Gasteiger partial charge in [0.15, 0.2) is 5.79 Å². The zero-order valence-corrected chi connectivity index (χ0v) is 14.0. The topological polar surface area (TPSA) is 39.7 Å². The second-order valence-electron chi connectivity index (χ2n) is 7.16. The summed E-state index contributed by atoms with van der Waals surface area (Å²) >= 11 is 0. The molecule has 0 amide bonds. The van der Waals surface area contributed by atoms with Crippen LogP contribution in [0, 0.1) is 6.92 Å². The van der Waals surface area contributed by atoms with Crippen molar-refractivity contribution in [2.45, 2.75) is 63.4 Å². The van der Waals surface area contributed by atoms with Crippen LogP contribution in [-0.4, -0.2) is 31.6 Å². The highest BCUT2D eigenvalue weighted by Gasteiger charge is 2.43. The van der Waals surface area contributed by atoms with Gasteiger partial charge in [0.05, 0.1) is 19.3 Å². The van der Waals surface area contributed by atoms with Crippen LogP contribution >= 0.6 is 0 Å². The van der Waals surface area contributed by atoms with E-state index in [-0.39, 0.29) is 11.9 Å². The van der Waals surface area contributed by atoms with Crippen LogP contribution in [0.25, 0.3) is 0 Å². The monoisotopic (exact) mass is 317 g/mol. The minimum atomic E-state index is -0.257. The molecule has 0 radical (unpaired) electrons. The van der Waals surface area contributed by atoms with Crippen LogP contribution in [-0.2, 0) is 9.47 Å². The molecule has 4 rings (SSSR count). The molecule has 23 heavy (non-hydrogen) atoms. The van der Waals surface area contributed by atoms with Crippen molar-refractivity contribution in [1.29, 1.82) is 0 Å². The highest BCUT2D eigenvalue weighted by atomic mass is 16.7. The number of fused-ring (bicyclic) bond motifs is 1. The maximum absolute atomic E-state index is 6.23. The summed E-state index contributed by atoms with van der Waals surface area (Å²) in [7, 11) is 0. The fraction of sp³-hybridized carbons (Fsp3) is 0.684. The van der Waals surface area contributed by atoms with E-state index < -0.39 is 0 Å². The Bertz CT molecular complexity index is 554. The Balaban J connectivity index is 1.40. The fourth-order valence-electron chi connectivity index (χ4n) is 4.08. The number of ether oxygens (including phenoxy) is 3. The van der Waals surface area contributed by atoms with Gasteiger partial charge in [-0.1, -0.05) is 17.7 Å². The Labute approximate surface area is 138 Å². The SMILES string of the molecule is Cc1ccc2c(c1)[C@H](NC[C@@H]1COC3(CCCC3)O1)CCCO2. The predicted molar refractivity (Wildman–Crippen MR) is 88.7 cm³/mol. The first-order chi connectivity index (χ1) is 11.2. The van der Waals surface area contributed by atoms with Crippen molar-refractivity contribution >= 4 is 0 Å². The van der Waals surface area contributed by atoms with Gasteiger partial charge in [0.2, 0.25) is 0 Å². The molecule has 2 fully saturated rings. The quantitative estimate of drug-likeness (QED) is 0.926. The molecular weight excluding hydrogens is 290 g/mol. The first-order valence-electron chi connectivity index (χ1n) is 9.03. The summed E-state index contributed by atoms with van der Waals surface area (Å²) in [6, 6.07) is 6.82. The minimum Gasteiger partial charge on any atom is -0.493 e. The molecule has 0 bridgehead atoms. The van der Waals surface area contributed by atoms with Crippen LogP contribution in [0.3, 0.4) is 0 Å². The molecule has 1 aromatic carbocycles. The molecule has 1 saturated heterocycles. The van der Waals surface area contributed by atoms with Gasteiger partial charge in [-0.15, -0.1) is 0 Å². The third-order valence-electron chi connectivity index (χ3n) is 5.31. The van der Waals surface area contributed by atoms with Crippen LogP contribution in [0.5, 0.6) is 5.75 Å². The number of benzene rings is 1. The van der Waals surface area contributed by atoms with E-state index in [0.717, 1.165) is 51.2 Å². The van der Waals surface area contributed by atoms with Crippen LogP contribution < -0.4 is 10.1 Å². The molecule has 1 saturated carbocycles. The minimum absolute atomic E-state index is 0.172. The number of hydrogen-bond acceptors (Lipinski definition) is 4. The Morgan fingerprint density at radius 3 is 2.96 bits per heavy atom. The molecule has 0 aromatic heterocycles. The Kier molecular flexibility index (Phi) is 4.31. The highest BCUT2D eigenvalue weighted by molar-refractivity contribution is 5.39. The van der Waals surface area contributed by atoms with Gasteiger partial charge >= 0.3 is 0 Å². The van der Waals surface area contributed by atoms with Crippen molar-refractivity contribution in [3.63, 3.8) is 0 Å². The predicted octanol–water partition coefficient (Wildman–Crippen LogP) is 3.48. The molecule has 4 heteroatoms. The van der Waals surface area contributed by atoms with E-state index in [9.17, 15) is 0 Å². The molecule has 1 aliphatic carbocycles. The molecular formula is C19H27NO3. The summed E-state index contributed by atoms with van der Waals surface area (Å²) in [6.45, 7) is 4.51. The number of rotatable bonds is 3. The lowest BCUT2D eigenvalue weighted by Crippen LogP contribution is -2.34. The number of nitrogens with one attached hydrogen (secondary N) is 1. The summed E-state index contributed by atoms with van der Waals surface area (Å²) in [6.07, 6.45) is 6.93. The van der Waals surface area contributed by atoms with Gasteiger partial charge in [-0.2, -0.15) is 0 Å².